The van der Waals surface area contributed by atoms with E-state index in [0.29, 0.717) is 44.7 Å². The van der Waals surface area contributed by atoms with Gasteiger partial charge in [-0.3, -0.25) is 29.5 Å². The molecule has 3 heterocycles. The molecule has 2 aliphatic carbocycles. The number of phenols is 1. The maximum Gasteiger partial charge on any atom is 0.417 e. The van der Waals surface area contributed by atoms with Crippen LogP contribution < -0.4 is 15.1 Å². The van der Waals surface area contributed by atoms with Gasteiger partial charge < -0.3 is 9.84 Å². The van der Waals surface area contributed by atoms with Gasteiger partial charge in [-0.15, -0.1) is 0 Å². The molecule has 4 amide bonds. The Morgan fingerprint density at radius 2 is 1.65 bits per heavy atom. The zero-order valence-corrected chi connectivity index (χ0v) is 32.2. The number of nitrogens with one attached hydrogen (secondary N) is 1. The number of anilines is 2. The highest BCUT2D eigenvalue weighted by atomic mass is 127. The number of carbonyl (C=O) groups is 4. The molecule has 6 unspecified atom stereocenters. The van der Waals surface area contributed by atoms with Crippen LogP contribution in [-0.2, 0) is 30.8 Å². The van der Waals surface area contributed by atoms with E-state index in [1.165, 1.54) is 24.1 Å². The minimum absolute atomic E-state index is 0.0509. The van der Waals surface area contributed by atoms with E-state index in [2.05, 4.69) is 33.0 Å². The van der Waals surface area contributed by atoms with Gasteiger partial charge in [-0.2, -0.15) is 18.2 Å². The van der Waals surface area contributed by atoms with E-state index in [-0.39, 0.29) is 36.1 Å². The van der Waals surface area contributed by atoms with Crippen LogP contribution in [0.4, 0.5) is 24.7 Å². The van der Waals surface area contributed by atoms with E-state index < -0.39 is 69.5 Å². The lowest BCUT2D eigenvalue weighted by molar-refractivity contribution is -0.139. The van der Waals surface area contributed by atoms with Gasteiger partial charge >= 0.3 is 6.18 Å². The Morgan fingerprint density at radius 1 is 0.945 bits per heavy atom. The van der Waals surface area contributed by atoms with Gasteiger partial charge in [0.1, 0.15) is 0 Å². The molecule has 6 atom stereocenters. The lowest BCUT2D eigenvalue weighted by Gasteiger charge is -2.50. The summed E-state index contributed by atoms with van der Waals surface area (Å²) >= 11 is 14.7. The number of hydrogen-bond donors (Lipinski definition) is 2. The second-order valence-corrected chi connectivity index (χ2v) is 15.9. The molecule has 8 rings (SSSR count). The van der Waals surface area contributed by atoms with Crippen molar-refractivity contribution < 1.29 is 42.2 Å². The predicted molar refractivity (Wildman–Crippen MR) is 203 cm³/mol. The topological polar surface area (TPSA) is 129 Å². The van der Waals surface area contributed by atoms with E-state index in [1.54, 1.807) is 54.6 Å². The van der Waals surface area contributed by atoms with Gasteiger partial charge in [0.2, 0.25) is 11.8 Å². The first-order valence-electron chi connectivity index (χ1n) is 17.0. The summed E-state index contributed by atoms with van der Waals surface area (Å²) in [5.41, 5.74) is 1.54. The highest BCUT2D eigenvalue weighted by Crippen LogP contribution is 2.64. The first-order chi connectivity index (χ1) is 26.2. The second-order valence-electron chi connectivity index (χ2n) is 13.8. The van der Waals surface area contributed by atoms with Crippen LogP contribution in [0.15, 0.2) is 90.6 Å². The van der Waals surface area contributed by atoms with Gasteiger partial charge in [-0.25, -0.2) is 4.98 Å². The van der Waals surface area contributed by atoms with Crippen molar-refractivity contribution in [3.8, 4) is 11.5 Å². The fourth-order valence-electron chi connectivity index (χ4n) is 8.89. The average Bonchev–Trinajstić information content (AvgIpc) is 3.53. The number of carbonyl (C=O) groups excluding carboxylic acids is 4. The summed E-state index contributed by atoms with van der Waals surface area (Å²) < 4.78 is 46.7. The molecule has 1 aromatic heterocycles. The predicted octanol–water partition coefficient (Wildman–Crippen LogP) is 7.92. The smallest absolute Gasteiger partial charge is 0.417 e. The number of methoxy groups -OCH3 is 1. The van der Waals surface area contributed by atoms with Gasteiger partial charge in [0.25, 0.3) is 11.8 Å². The molecule has 2 saturated heterocycles. The van der Waals surface area contributed by atoms with Crippen LogP contribution >= 0.6 is 45.8 Å². The van der Waals surface area contributed by atoms with Gasteiger partial charge in [-0.05, 0) is 107 Å². The van der Waals surface area contributed by atoms with Crippen molar-refractivity contribution in [1.29, 1.82) is 0 Å². The maximum atomic E-state index is 15.3. The summed E-state index contributed by atoms with van der Waals surface area (Å²) in [5.74, 6) is -7.38. The molecule has 1 saturated carbocycles. The van der Waals surface area contributed by atoms with Crippen LogP contribution in [0.1, 0.15) is 35.4 Å². The number of rotatable bonds is 6. The Morgan fingerprint density at radius 3 is 2.29 bits per heavy atom. The SMILES string of the molecule is COc1ccc(C2C3=CCC4C(=O)N(c5ccc(I)cc5)C(=O)C4C3CC3C(=O)N(Nc4ncc(C(F)(F)F)cc4Cl)C(=O)C32c2ccc(Cl)cc2)cc1O. The number of benzene rings is 3. The number of fused-ring (bicyclic) bond motifs is 4. The van der Waals surface area contributed by atoms with Crippen molar-refractivity contribution in [2.75, 3.05) is 17.4 Å². The van der Waals surface area contributed by atoms with Crippen molar-refractivity contribution in [1.82, 2.24) is 9.99 Å². The molecule has 0 radical (unpaired) electrons. The molecular weight excluding hydrogens is 875 g/mol. The van der Waals surface area contributed by atoms with Crippen LogP contribution in [0.3, 0.4) is 0 Å². The summed E-state index contributed by atoms with van der Waals surface area (Å²) in [5, 5.41) is 11.7. The maximum absolute atomic E-state index is 15.3. The quantitative estimate of drug-likeness (QED) is 0.114. The molecule has 10 nitrogen and oxygen atoms in total. The van der Waals surface area contributed by atoms with Crippen molar-refractivity contribution in [2.45, 2.75) is 30.4 Å². The largest absolute Gasteiger partial charge is 0.504 e. The number of hydrazine groups is 1. The molecule has 55 heavy (non-hydrogen) atoms. The number of hydrogen-bond acceptors (Lipinski definition) is 8. The number of aromatic hydroxyl groups is 1. The number of pyridine rings is 1. The summed E-state index contributed by atoms with van der Waals surface area (Å²) in [6.45, 7) is 0. The number of phenolic OH excluding ortho intramolecular Hbond substituents is 1. The molecule has 0 bridgehead atoms. The third-order valence-corrected chi connectivity index (χ3v) is 12.4. The van der Waals surface area contributed by atoms with E-state index >= 15 is 4.79 Å². The molecule has 2 N–H and O–H groups in total. The van der Waals surface area contributed by atoms with Crippen molar-refractivity contribution >= 4 is 80.9 Å². The fraction of sp³-hybridized carbons (Fsp3) is 0.256. The average molecular weight is 903 g/mol. The van der Waals surface area contributed by atoms with Gasteiger partial charge in [0.05, 0.1) is 46.6 Å². The fourth-order valence-corrected chi connectivity index (χ4v) is 9.58. The summed E-state index contributed by atoms with van der Waals surface area (Å²) in [7, 11) is 1.38. The first kappa shape index (κ1) is 37.3. The summed E-state index contributed by atoms with van der Waals surface area (Å²) in [6.07, 6.45) is -2.25. The normalized spacial score (nSPS) is 26.1. The molecule has 4 aliphatic rings. The number of aromatic nitrogens is 1. The molecule has 0 spiro atoms. The lowest BCUT2D eigenvalue weighted by Crippen LogP contribution is -2.53. The minimum Gasteiger partial charge on any atom is -0.504 e. The van der Waals surface area contributed by atoms with Crippen LogP contribution in [0.5, 0.6) is 11.5 Å². The highest BCUT2D eigenvalue weighted by molar-refractivity contribution is 14.1. The minimum atomic E-state index is -4.76. The van der Waals surface area contributed by atoms with Crippen LogP contribution in [0.25, 0.3) is 0 Å². The number of nitrogens with zero attached hydrogens (tertiary/aromatic N) is 3. The van der Waals surface area contributed by atoms with E-state index in [4.69, 9.17) is 27.9 Å². The summed E-state index contributed by atoms with van der Waals surface area (Å²) in [6, 6.07) is 18.6. The zero-order valence-electron chi connectivity index (χ0n) is 28.5. The molecule has 282 valence electrons. The van der Waals surface area contributed by atoms with Crippen LogP contribution in [0.2, 0.25) is 10.0 Å². The Hall–Kier alpha value is -4.67. The van der Waals surface area contributed by atoms with Crippen molar-refractivity contribution in [3.05, 3.63) is 121 Å². The molecule has 3 aromatic carbocycles. The van der Waals surface area contributed by atoms with Gasteiger partial charge in [0.15, 0.2) is 17.3 Å². The van der Waals surface area contributed by atoms with Gasteiger partial charge in [-0.1, -0.05) is 53.1 Å². The number of imide groups is 2. The Balaban J connectivity index is 1.31. The van der Waals surface area contributed by atoms with Crippen LogP contribution in [0, 0.1) is 27.2 Å². The van der Waals surface area contributed by atoms with Gasteiger partial charge in [0, 0.05) is 20.7 Å². The number of alkyl halides is 3. The monoisotopic (exact) mass is 902 g/mol. The Kier molecular flexibility index (Phi) is 9.16. The highest BCUT2D eigenvalue weighted by Gasteiger charge is 2.70. The van der Waals surface area contributed by atoms with E-state index in [1.807, 2.05) is 6.08 Å². The molecule has 3 fully saturated rings. The third-order valence-electron chi connectivity index (χ3n) is 11.2. The molecular formula is C39H28Cl2F3IN4O6. The number of halogens is 6. The molecule has 16 heteroatoms. The van der Waals surface area contributed by atoms with E-state index in [0.717, 1.165) is 3.57 Å². The Labute approximate surface area is 335 Å². The molecule has 2 aliphatic heterocycles. The summed E-state index contributed by atoms with van der Waals surface area (Å²) in [4.78, 5) is 63.6. The van der Waals surface area contributed by atoms with Crippen molar-refractivity contribution in [2.24, 2.45) is 23.7 Å². The van der Waals surface area contributed by atoms with Crippen molar-refractivity contribution in [3.63, 3.8) is 0 Å². The zero-order chi connectivity index (χ0) is 39.1. The Bertz CT molecular complexity index is 2330. The van der Waals surface area contributed by atoms with Crippen LogP contribution in [-0.4, -0.2) is 45.8 Å². The number of ether oxygens (including phenoxy) is 1. The number of amides is 4. The third kappa shape index (κ3) is 5.77. The lowest BCUT2D eigenvalue weighted by atomic mass is 9.49. The standard InChI is InChI=1S/C39H28Cl2F3IN4O6/c1-55-30-13-2-18(14-29(30)50)32-24-11-12-25-31(36(53)48(34(25)51)23-9-7-22(45)8-10-23)26(24)16-27-35(52)49(37(54)38(27,32)19-3-5-21(40)6-4-19)47-33-28(41)15-20(17-46-33)39(42,43)44/h2-11,13-15,17,25-27,31-32,50H,12,16H2,1H3,(H,46,47). The molecule has 4 aromatic rings. The van der Waals surface area contributed by atoms with E-state index in [9.17, 15) is 32.7 Å². The second kappa shape index (κ2) is 13.5. The number of allylic oxidation sites excluding steroid dienone is 2. The first-order valence-corrected chi connectivity index (χ1v) is 18.8.